The number of carbonyl (C=O) groups excluding carboxylic acids is 4. The normalized spacial score (nSPS) is 28.7. The van der Waals surface area contributed by atoms with Crippen molar-refractivity contribution < 1.29 is 50.6 Å². The lowest BCUT2D eigenvalue weighted by Gasteiger charge is -2.49. The Hall–Kier alpha value is -4.94. The van der Waals surface area contributed by atoms with E-state index in [0.717, 1.165) is 4.90 Å². The summed E-state index contributed by atoms with van der Waals surface area (Å²) < 4.78 is 82.2. The van der Waals surface area contributed by atoms with Gasteiger partial charge >= 0.3 is 12.4 Å². The quantitative estimate of drug-likeness (QED) is 0.187. The van der Waals surface area contributed by atoms with E-state index >= 15 is 0 Å². The van der Waals surface area contributed by atoms with Crippen LogP contribution in [0.4, 0.5) is 37.7 Å². The van der Waals surface area contributed by atoms with E-state index in [4.69, 9.17) is 0 Å². The highest BCUT2D eigenvalue weighted by molar-refractivity contribution is 6.25. The fraction of sp³-hybridized carbons (Fsp3) is 0.314. The molecule has 2 saturated heterocycles. The topological polar surface area (TPSA) is 95.0 Å². The van der Waals surface area contributed by atoms with Crippen LogP contribution in [0, 0.1) is 29.1 Å². The first-order chi connectivity index (χ1) is 22.5. The van der Waals surface area contributed by atoms with Crippen LogP contribution >= 0.6 is 0 Å². The number of rotatable bonds is 3. The SMILES string of the molecule is CC12C(=O)N(c3ccccc3)C(=O)C1CC1C(=CCC3C(=O)N(c4cc(C(F)(F)F)cc(C(F)(F)F)c4)C(=O)C31)C2c1ccccc1O. The van der Waals surface area contributed by atoms with Crippen molar-refractivity contribution in [2.45, 2.75) is 38.0 Å². The number of carbonyl (C=O) groups is 4. The zero-order valence-electron chi connectivity index (χ0n) is 25.0. The molecule has 7 nitrogen and oxygen atoms in total. The summed E-state index contributed by atoms with van der Waals surface area (Å²) in [6, 6.07) is 15.0. The number of para-hydroxylation sites is 2. The molecule has 0 spiro atoms. The highest BCUT2D eigenvalue weighted by Gasteiger charge is 2.68. The molecule has 1 saturated carbocycles. The standard InChI is InChI=1S/C35H26F6N2O5/c1-33-25(30(46)43(32(33)48)19-7-3-2-4-8-19)16-24-21(28(33)22-9-5-6-10-26(22)44)11-12-23-27(24)31(47)42(29(23)45)20-14-17(34(36,37)38)13-18(15-20)35(39,40)41/h2-11,13-15,23-25,27-28,44H,12,16H2,1H3. The Bertz CT molecular complexity index is 1890. The summed E-state index contributed by atoms with van der Waals surface area (Å²) in [5, 5.41) is 11.0. The van der Waals surface area contributed by atoms with E-state index in [-0.39, 0.29) is 24.7 Å². The first-order valence-corrected chi connectivity index (χ1v) is 15.1. The van der Waals surface area contributed by atoms with Crippen LogP contribution in [0.15, 0.2) is 84.4 Å². The third-order valence-electron chi connectivity index (χ3n) is 10.4. The number of allylic oxidation sites excluding steroid dienone is 2. The lowest BCUT2D eigenvalue weighted by Crippen LogP contribution is -2.48. The highest BCUT2D eigenvalue weighted by Crippen LogP contribution is 2.64. The molecule has 0 bridgehead atoms. The predicted octanol–water partition coefficient (Wildman–Crippen LogP) is 6.87. The molecule has 13 heteroatoms. The number of nitrogens with zero attached hydrogens (tertiary/aromatic N) is 2. The largest absolute Gasteiger partial charge is 0.508 e. The summed E-state index contributed by atoms with van der Waals surface area (Å²) in [4.78, 5) is 57.8. The summed E-state index contributed by atoms with van der Waals surface area (Å²) >= 11 is 0. The van der Waals surface area contributed by atoms with Crippen molar-refractivity contribution in [3.63, 3.8) is 0 Å². The third-order valence-corrected chi connectivity index (χ3v) is 10.4. The van der Waals surface area contributed by atoms with Crippen LogP contribution in [-0.4, -0.2) is 28.7 Å². The maximum absolute atomic E-state index is 14.3. The highest BCUT2D eigenvalue weighted by atomic mass is 19.4. The van der Waals surface area contributed by atoms with Gasteiger partial charge in [-0.3, -0.25) is 19.2 Å². The average Bonchev–Trinajstić information content (AvgIpc) is 3.40. The van der Waals surface area contributed by atoms with Gasteiger partial charge in [0.1, 0.15) is 5.75 Å². The number of hydrogen-bond donors (Lipinski definition) is 1. The van der Waals surface area contributed by atoms with Gasteiger partial charge in [0.2, 0.25) is 23.6 Å². The summed E-state index contributed by atoms with van der Waals surface area (Å²) in [6.45, 7) is 1.62. The first-order valence-electron chi connectivity index (χ1n) is 15.1. The molecule has 4 amide bonds. The van der Waals surface area contributed by atoms with Crippen molar-refractivity contribution in [2.24, 2.45) is 29.1 Å². The minimum atomic E-state index is -5.21. The van der Waals surface area contributed by atoms with E-state index in [2.05, 4.69) is 0 Å². The molecule has 2 aliphatic carbocycles. The zero-order chi connectivity index (χ0) is 34.5. The maximum Gasteiger partial charge on any atom is 0.416 e. The van der Waals surface area contributed by atoms with Crippen molar-refractivity contribution in [1.29, 1.82) is 0 Å². The Labute approximate surface area is 269 Å². The number of imide groups is 2. The molecule has 0 radical (unpaired) electrons. The number of phenolic OH excluding ortho intramolecular Hbond substituents is 1. The van der Waals surface area contributed by atoms with Crippen molar-refractivity contribution >= 4 is 35.0 Å². The van der Waals surface area contributed by atoms with E-state index < -0.39 is 87.8 Å². The minimum absolute atomic E-state index is 0.0820. The molecule has 0 aromatic heterocycles. The van der Waals surface area contributed by atoms with Gasteiger partial charge in [-0.15, -0.1) is 0 Å². The van der Waals surface area contributed by atoms with Crippen LogP contribution in [-0.2, 0) is 31.5 Å². The van der Waals surface area contributed by atoms with Gasteiger partial charge in [-0.05, 0) is 62.1 Å². The van der Waals surface area contributed by atoms with Crippen LogP contribution in [0.1, 0.15) is 42.4 Å². The fourth-order valence-corrected chi connectivity index (χ4v) is 8.24. The smallest absolute Gasteiger partial charge is 0.416 e. The molecule has 248 valence electrons. The number of aromatic hydroxyl groups is 1. The monoisotopic (exact) mass is 668 g/mol. The minimum Gasteiger partial charge on any atom is -0.508 e. The second-order valence-electron chi connectivity index (χ2n) is 12.8. The molecule has 3 aromatic carbocycles. The maximum atomic E-state index is 14.3. The lowest BCUT2D eigenvalue weighted by atomic mass is 9.51. The zero-order valence-corrected chi connectivity index (χ0v) is 25.0. The van der Waals surface area contributed by atoms with E-state index in [9.17, 15) is 50.6 Å². The molecule has 1 N–H and O–H groups in total. The van der Waals surface area contributed by atoms with Gasteiger partial charge in [0.05, 0.1) is 45.7 Å². The van der Waals surface area contributed by atoms with Crippen molar-refractivity contribution in [1.82, 2.24) is 0 Å². The fourth-order valence-electron chi connectivity index (χ4n) is 8.24. The number of benzene rings is 3. The number of amides is 4. The van der Waals surface area contributed by atoms with Crippen LogP contribution in [0.25, 0.3) is 0 Å². The molecule has 2 heterocycles. The van der Waals surface area contributed by atoms with E-state index in [1.165, 1.54) is 6.07 Å². The van der Waals surface area contributed by atoms with Gasteiger partial charge in [-0.2, -0.15) is 26.3 Å². The van der Waals surface area contributed by atoms with Gasteiger partial charge in [0, 0.05) is 11.5 Å². The van der Waals surface area contributed by atoms with Crippen LogP contribution in [0.2, 0.25) is 0 Å². The molecule has 6 unspecified atom stereocenters. The summed E-state index contributed by atoms with van der Waals surface area (Å²) in [6.07, 6.45) is -8.94. The van der Waals surface area contributed by atoms with Crippen molar-refractivity contribution in [3.8, 4) is 5.75 Å². The van der Waals surface area contributed by atoms with Gasteiger partial charge in [0.25, 0.3) is 0 Å². The van der Waals surface area contributed by atoms with E-state index in [1.807, 2.05) is 0 Å². The third kappa shape index (κ3) is 4.50. The Morgan fingerprint density at radius 1 is 0.729 bits per heavy atom. The second kappa shape index (κ2) is 10.5. The molecular weight excluding hydrogens is 642 g/mol. The Balaban J connectivity index is 1.35. The summed E-state index contributed by atoms with van der Waals surface area (Å²) in [5.74, 6) is -8.49. The molecule has 6 atom stereocenters. The number of halogens is 6. The van der Waals surface area contributed by atoms with Gasteiger partial charge in [0.15, 0.2) is 0 Å². The predicted molar refractivity (Wildman–Crippen MR) is 158 cm³/mol. The van der Waals surface area contributed by atoms with Crippen LogP contribution in [0.5, 0.6) is 5.75 Å². The molecule has 7 rings (SSSR count). The van der Waals surface area contributed by atoms with Crippen molar-refractivity contribution in [2.75, 3.05) is 9.80 Å². The molecule has 48 heavy (non-hydrogen) atoms. The van der Waals surface area contributed by atoms with Gasteiger partial charge in [-0.25, -0.2) is 9.80 Å². The number of alkyl halides is 6. The molecule has 3 fully saturated rings. The van der Waals surface area contributed by atoms with Gasteiger partial charge in [-0.1, -0.05) is 48.0 Å². The summed E-state index contributed by atoms with van der Waals surface area (Å²) in [5.41, 5.74) is -4.54. The van der Waals surface area contributed by atoms with Crippen LogP contribution < -0.4 is 9.80 Å². The van der Waals surface area contributed by atoms with E-state index in [0.29, 0.717) is 33.9 Å². The van der Waals surface area contributed by atoms with Crippen molar-refractivity contribution in [3.05, 3.63) is 101 Å². The first kappa shape index (κ1) is 31.6. The molecule has 4 aliphatic rings. The second-order valence-corrected chi connectivity index (χ2v) is 12.8. The Kier molecular flexibility index (Phi) is 6.94. The molecule has 3 aromatic rings. The molecular formula is C35H26F6N2O5. The Morgan fingerprint density at radius 2 is 1.33 bits per heavy atom. The number of fused-ring (bicyclic) bond motifs is 4. The number of hydrogen-bond acceptors (Lipinski definition) is 5. The van der Waals surface area contributed by atoms with Gasteiger partial charge < -0.3 is 5.11 Å². The lowest BCUT2D eigenvalue weighted by molar-refractivity contribution is -0.143. The molecule has 2 aliphatic heterocycles. The van der Waals surface area contributed by atoms with Crippen LogP contribution in [0.3, 0.4) is 0 Å². The number of phenols is 1. The summed E-state index contributed by atoms with van der Waals surface area (Å²) in [7, 11) is 0. The Morgan fingerprint density at radius 3 is 1.94 bits per heavy atom. The number of anilines is 2. The van der Waals surface area contributed by atoms with E-state index in [1.54, 1.807) is 61.5 Å². The average molecular weight is 669 g/mol.